The summed E-state index contributed by atoms with van der Waals surface area (Å²) in [6, 6.07) is 11.4. The van der Waals surface area contributed by atoms with Crippen molar-refractivity contribution in [3.63, 3.8) is 0 Å². The van der Waals surface area contributed by atoms with Gasteiger partial charge < -0.3 is 10.6 Å². The lowest BCUT2D eigenvalue weighted by Crippen LogP contribution is -2.44. The zero-order valence-corrected chi connectivity index (χ0v) is 17.6. The van der Waals surface area contributed by atoms with Gasteiger partial charge in [0.25, 0.3) is 5.91 Å². The van der Waals surface area contributed by atoms with Gasteiger partial charge in [-0.3, -0.25) is 14.5 Å². The molecule has 0 aliphatic carbocycles. The number of amides is 4. The van der Waals surface area contributed by atoms with Crippen molar-refractivity contribution >= 4 is 17.8 Å². The molecule has 1 saturated heterocycles. The van der Waals surface area contributed by atoms with E-state index in [0.29, 0.717) is 11.3 Å². The van der Waals surface area contributed by atoms with Gasteiger partial charge in [-0.25, -0.2) is 13.6 Å². The van der Waals surface area contributed by atoms with Crippen molar-refractivity contribution < 1.29 is 23.2 Å². The summed E-state index contributed by atoms with van der Waals surface area (Å²) in [6.07, 6.45) is 0.661. The molecule has 0 spiro atoms. The molecule has 0 radical (unpaired) electrons. The van der Waals surface area contributed by atoms with Crippen LogP contribution in [-0.2, 0) is 15.1 Å². The second kappa shape index (κ2) is 8.83. The first-order valence-electron chi connectivity index (χ1n) is 10.1. The Balaban J connectivity index is 1.78. The van der Waals surface area contributed by atoms with Gasteiger partial charge in [-0.1, -0.05) is 50.2 Å². The molecule has 2 unspecified atom stereocenters. The number of rotatable bonds is 7. The number of halogens is 2. The predicted molar refractivity (Wildman–Crippen MR) is 111 cm³/mol. The number of nitrogens with zero attached hydrogens (tertiary/aromatic N) is 1. The van der Waals surface area contributed by atoms with Crippen LogP contribution in [0.3, 0.4) is 0 Å². The van der Waals surface area contributed by atoms with Gasteiger partial charge in [-0.15, -0.1) is 0 Å². The minimum atomic E-state index is -1.94. The SMILES string of the molecule is CC(C)CC(NC(=O)CN1C(=O)NC(C)(c2c(F)cccc2F)C1=O)c1ccccc1. The van der Waals surface area contributed by atoms with Gasteiger partial charge >= 0.3 is 6.03 Å². The summed E-state index contributed by atoms with van der Waals surface area (Å²) >= 11 is 0. The van der Waals surface area contributed by atoms with Crippen molar-refractivity contribution in [3.05, 3.63) is 71.3 Å². The van der Waals surface area contributed by atoms with E-state index in [1.54, 1.807) is 0 Å². The number of hydrogen-bond donors (Lipinski definition) is 2. The lowest BCUT2D eigenvalue weighted by Gasteiger charge is -2.24. The van der Waals surface area contributed by atoms with E-state index in [1.807, 2.05) is 44.2 Å². The van der Waals surface area contributed by atoms with E-state index in [2.05, 4.69) is 10.6 Å². The number of urea groups is 1. The number of imide groups is 1. The summed E-state index contributed by atoms with van der Waals surface area (Å²) in [6.45, 7) is 4.71. The maximum Gasteiger partial charge on any atom is 0.325 e. The van der Waals surface area contributed by atoms with Crippen LogP contribution in [0.2, 0.25) is 0 Å². The van der Waals surface area contributed by atoms with Crippen LogP contribution in [0.1, 0.15) is 44.4 Å². The van der Waals surface area contributed by atoms with Crippen LogP contribution >= 0.6 is 0 Å². The quantitative estimate of drug-likeness (QED) is 0.660. The van der Waals surface area contributed by atoms with Crippen molar-refractivity contribution in [1.82, 2.24) is 15.5 Å². The molecule has 0 bridgehead atoms. The van der Waals surface area contributed by atoms with Gasteiger partial charge in [0, 0.05) is 0 Å². The summed E-state index contributed by atoms with van der Waals surface area (Å²) in [5.41, 5.74) is -1.60. The fourth-order valence-corrected chi connectivity index (χ4v) is 3.80. The molecule has 2 atom stereocenters. The highest BCUT2D eigenvalue weighted by Crippen LogP contribution is 2.32. The van der Waals surface area contributed by atoms with Crippen molar-refractivity contribution in [2.75, 3.05) is 6.54 Å². The second-order valence-electron chi connectivity index (χ2n) is 8.20. The van der Waals surface area contributed by atoms with Crippen LogP contribution in [0.5, 0.6) is 0 Å². The third kappa shape index (κ3) is 4.57. The highest BCUT2D eigenvalue weighted by Gasteiger charge is 2.52. The Morgan fingerprint density at radius 3 is 2.26 bits per heavy atom. The number of hydrogen-bond acceptors (Lipinski definition) is 3. The van der Waals surface area contributed by atoms with Gasteiger partial charge in [0.2, 0.25) is 5.91 Å². The highest BCUT2D eigenvalue weighted by molar-refractivity contribution is 6.09. The van der Waals surface area contributed by atoms with Gasteiger partial charge in [0.05, 0.1) is 11.6 Å². The average Bonchev–Trinajstić information content (AvgIpc) is 2.91. The fraction of sp³-hybridized carbons (Fsp3) is 0.348. The summed E-state index contributed by atoms with van der Waals surface area (Å²) in [7, 11) is 0. The smallest absolute Gasteiger partial charge is 0.325 e. The molecule has 164 valence electrons. The molecular weight excluding hydrogens is 404 g/mol. The van der Waals surface area contributed by atoms with Gasteiger partial charge in [0.1, 0.15) is 23.7 Å². The number of benzene rings is 2. The number of carbonyl (C=O) groups excluding carboxylic acids is 3. The minimum absolute atomic E-state index is 0.287. The van der Waals surface area contributed by atoms with Crippen LogP contribution in [0, 0.1) is 17.6 Å². The first-order chi connectivity index (χ1) is 14.6. The largest absolute Gasteiger partial charge is 0.348 e. The van der Waals surface area contributed by atoms with E-state index in [1.165, 1.54) is 13.0 Å². The molecule has 31 heavy (non-hydrogen) atoms. The summed E-state index contributed by atoms with van der Waals surface area (Å²) < 4.78 is 28.6. The molecule has 2 N–H and O–H groups in total. The first kappa shape index (κ1) is 22.4. The molecule has 4 amide bonds. The Bertz CT molecular complexity index is 977. The molecule has 2 aromatic carbocycles. The van der Waals surface area contributed by atoms with Crippen LogP contribution in [0.25, 0.3) is 0 Å². The number of carbonyl (C=O) groups is 3. The lowest BCUT2D eigenvalue weighted by atomic mass is 9.91. The van der Waals surface area contributed by atoms with E-state index in [4.69, 9.17) is 0 Å². The summed E-state index contributed by atoms with van der Waals surface area (Å²) in [4.78, 5) is 38.8. The van der Waals surface area contributed by atoms with Crippen molar-refractivity contribution in [1.29, 1.82) is 0 Å². The Hall–Kier alpha value is -3.29. The van der Waals surface area contributed by atoms with Gasteiger partial charge in [-0.2, -0.15) is 0 Å². The maximum atomic E-state index is 14.3. The molecule has 0 saturated carbocycles. The fourth-order valence-electron chi connectivity index (χ4n) is 3.80. The molecule has 8 heteroatoms. The van der Waals surface area contributed by atoms with E-state index >= 15 is 0 Å². The van der Waals surface area contributed by atoms with Crippen LogP contribution in [0.15, 0.2) is 48.5 Å². The van der Waals surface area contributed by atoms with Gasteiger partial charge in [-0.05, 0) is 37.0 Å². The molecule has 1 aliphatic heterocycles. The van der Waals surface area contributed by atoms with Crippen LogP contribution < -0.4 is 10.6 Å². The van der Waals surface area contributed by atoms with Crippen molar-refractivity contribution in [2.45, 2.75) is 38.8 Å². The molecule has 1 heterocycles. The maximum absolute atomic E-state index is 14.3. The Kier molecular flexibility index (Phi) is 6.38. The van der Waals surface area contributed by atoms with Crippen LogP contribution in [0.4, 0.5) is 13.6 Å². The normalized spacial score (nSPS) is 19.5. The summed E-state index contributed by atoms with van der Waals surface area (Å²) in [5.74, 6) is -3.06. The van der Waals surface area contributed by atoms with E-state index in [-0.39, 0.29) is 12.0 Å². The number of nitrogens with one attached hydrogen (secondary N) is 2. The van der Waals surface area contributed by atoms with Crippen LogP contribution in [-0.4, -0.2) is 29.3 Å². The van der Waals surface area contributed by atoms with E-state index in [9.17, 15) is 23.2 Å². The van der Waals surface area contributed by atoms with E-state index in [0.717, 1.165) is 17.7 Å². The highest BCUT2D eigenvalue weighted by atomic mass is 19.1. The average molecular weight is 429 g/mol. The second-order valence-corrected chi connectivity index (χ2v) is 8.20. The van der Waals surface area contributed by atoms with Gasteiger partial charge in [0.15, 0.2) is 0 Å². The zero-order valence-electron chi connectivity index (χ0n) is 17.6. The molecule has 0 aromatic heterocycles. The van der Waals surface area contributed by atoms with Crippen molar-refractivity contribution in [2.24, 2.45) is 5.92 Å². The molecule has 1 fully saturated rings. The van der Waals surface area contributed by atoms with E-state index < -0.39 is 47.1 Å². The first-order valence-corrected chi connectivity index (χ1v) is 10.1. The Morgan fingerprint density at radius 1 is 1.06 bits per heavy atom. The molecule has 1 aliphatic rings. The zero-order chi connectivity index (χ0) is 22.8. The molecule has 6 nitrogen and oxygen atoms in total. The minimum Gasteiger partial charge on any atom is -0.348 e. The lowest BCUT2D eigenvalue weighted by molar-refractivity contribution is -0.135. The molecule has 3 rings (SSSR count). The third-order valence-electron chi connectivity index (χ3n) is 5.28. The third-order valence-corrected chi connectivity index (χ3v) is 5.28. The standard InChI is InChI=1S/C23H25F2N3O3/c1-14(2)12-18(15-8-5-4-6-9-15)26-19(29)13-28-21(30)23(3,27-22(28)31)20-16(24)10-7-11-17(20)25/h4-11,14,18H,12-13H2,1-3H3,(H,26,29)(H,27,31). The monoisotopic (exact) mass is 429 g/mol. The molecular formula is C23H25F2N3O3. The van der Waals surface area contributed by atoms with Crippen molar-refractivity contribution in [3.8, 4) is 0 Å². The predicted octanol–water partition coefficient (Wildman–Crippen LogP) is 3.64. The topological polar surface area (TPSA) is 78.5 Å². The molecule has 2 aromatic rings. The Labute approximate surface area is 179 Å². The Morgan fingerprint density at radius 2 is 1.68 bits per heavy atom. The summed E-state index contributed by atoms with van der Waals surface area (Å²) in [5, 5.41) is 5.19.